The first-order chi connectivity index (χ1) is 15.5. The van der Waals surface area contributed by atoms with Crippen molar-refractivity contribution in [2.24, 2.45) is 5.73 Å². The van der Waals surface area contributed by atoms with Crippen LogP contribution >= 0.6 is 12.4 Å². The normalized spacial score (nSPS) is 18.1. The van der Waals surface area contributed by atoms with Gasteiger partial charge in [-0.15, -0.1) is 12.4 Å². The molecule has 6 nitrogen and oxygen atoms in total. The first-order valence-electron chi connectivity index (χ1n) is 10.8. The largest absolute Gasteiger partial charge is 0.337 e. The Morgan fingerprint density at radius 2 is 1.61 bits per heavy atom. The molecule has 1 aliphatic rings. The van der Waals surface area contributed by atoms with Crippen LogP contribution in [-0.4, -0.2) is 20.2 Å². The van der Waals surface area contributed by atoms with E-state index in [0.29, 0.717) is 18.5 Å². The summed E-state index contributed by atoms with van der Waals surface area (Å²) in [7, 11) is 0. The number of pyridine rings is 1. The number of rotatable bonds is 3. The summed E-state index contributed by atoms with van der Waals surface area (Å²) >= 11 is 0. The SMILES string of the molecule is Cl.NC1CCC(n2c(=O)c3cc(F)cnc3n(-c3cccc(-c4ccccc4)c3)c2=O)CC1. The number of fused-ring (bicyclic) bond motifs is 1. The third-order valence-corrected chi connectivity index (χ3v) is 6.21. The molecule has 170 valence electrons. The minimum Gasteiger partial charge on any atom is -0.328 e. The number of aromatic nitrogens is 3. The van der Waals surface area contributed by atoms with Gasteiger partial charge < -0.3 is 5.73 Å². The molecule has 2 aromatic carbocycles. The Balaban J connectivity index is 0.00000259. The molecule has 0 aliphatic heterocycles. The maximum absolute atomic E-state index is 14.0. The topological polar surface area (TPSA) is 82.9 Å². The van der Waals surface area contributed by atoms with E-state index in [4.69, 9.17) is 5.73 Å². The fourth-order valence-corrected chi connectivity index (χ4v) is 4.55. The van der Waals surface area contributed by atoms with Gasteiger partial charge in [0.15, 0.2) is 5.65 Å². The molecular formula is C25H24ClFN4O2. The van der Waals surface area contributed by atoms with E-state index in [1.165, 1.54) is 9.13 Å². The van der Waals surface area contributed by atoms with Crippen LogP contribution in [0.25, 0.3) is 27.8 Å². The third-order valence-electron chi connectivity index (χ3n) is 6.21. The van der Waals surface area contributed by atoms with Gasteiger partial charge in [0.2, 0.25) is 0 Å². The molecule has 8 heteroatoms. The van der Waals surface area contributed by atoms with Gasteiger partial charge in [-0.05, 0) is 55.0 Å². The fourth-order valence-electron chi connectivity index (χ4n) is 4.55. The summed E-state index contributed by atoms with van der Waals surface area (Å²) in [6.07, 6.45) is 3.77. The summed E-state index contributed by atoms with van der Waals surface area (Å²) < 4.78 is 16.7. The van der Waals surface area contributed by atoms with E-state index in [0.717, 1.165) is 36.2 Å². The number of hydrogen-bond acceptors (Lipinski definition) is 4. The Labute approximate surface area is 195 Å². The van der Waals surface area contributed by atoms with Crippen LogP contribution in [0.15, 0.2) is 76.4 Å². The highest BCUT2D eigenvalue weighted by Crippen LogP contribution is 2.27. The summed E-state index contributed by atoms with van der Waals surface area (Å²) in [5.74, 6) is -0.616. The van der Waals surface area contributed by atoms with E-state index in [-0.39, 0.29) is 35.5 Å². The van der Waals surface area contributed by atoms with Gasteiger partial charge in [0.05, 0.1) is 17.3 Å². The number of hydrogen-bond donors (Lipinski definition) is 1. The average molecular weight is 467 g/mol. The highest BCUT2D eigenvalue weighted by Gasteiger charge is 2.26. The minimum atomic E-state index is -0.616. The van der Waals surface area contributed by atoms with Crippen LogP contribution in [0.2, 0.25) is 0 Å². The quantitative estimate of drug-likeness (QED) is 0.490. The lowest BCUT2D eigenvalue weighted by Gasteiger charge is -2.28. The average Bonchev–Trinajstić information content (AvgIpc) is 2.82. The van der Waals surface area contributed by atoms with Crippen molar-refractivity contribution in [1.82, 2.24) is 14.1 Å². The predicted octanol–water partition coefficient (Wildman–Crippen LogP) is 4.22. The summed E-state index contributed by atoms with van der Waals surface area (Å²) in [5.41, 5.74) is 7.69. The van der Waals surface area contributed by atoms with E-state index < -0.39 is 17.1 Å². The molecule has 1 fully saturated rings. The van der Waals surface area contributed by atoms with Crippen molar-refractivity contribution in [2.45, 2.75) is 37.8 Å². The van der Waals surface area contributed by atoms with Crippen molar-refractivity contribution in [3.63, 3.8) is 0 Å². The third kappa shape index (κ3) is 4.21. The van der Waals surface area contributed by atoms with E-state index in [1.54, 1.807) is 6.07 Å². The first kappa shape index (κ1) is 22.9. The lowest BCUT2D eigenvalue weighted by Crippen LogP contribution is -2.44. The Morgan fingerprint density at radius 3 is 2.33 bits per heavy atom. The fraction of sp³-hybridized carbons (Fsp3) is 0.240. The molecule has 4 aromatic rings. The monoisotopic (exact) mass is 466 g/mol. The van der Waals surface area contributed by atoms with Gasteiger partial charge in [0.1, 0.15) is 5.82 Å². The number of nitrogens with two attached hydrogens (primary N) is 1. The Morgan fingerprint density at radius 1 is 0.909 bits per heavy atom. The van der Waals surface area contributed by atoms with Crippen LogP contribution in [0.5, 0.6) is 0 Å². The molecule has 2 heterocycles. The summed E-state index contributed by atoms with van der Waals surface area (Å²) in [5, 5.41) is 0.0876. The molecule has 1 aliphatic carbocycles. The van der Waals surface area contributed by atoms with Crippen LogP contribution in [0.3, 0.4) is 0 Å². The summed E-state index contributed by atoms with van der Waals surface area (Å²) in [4.78, 5) is 31.1. The smallest absolute Gasteiger partial charge is 0.328 e. The molecule has 0 unspecified atom stereocenters. The van der Waals surface area contributed by atoms with Crippen molar-refractivity contribution in [1.29, 1.82) is 0 Å². The highest BCUT2D eigenvalue weighted by molar-refractivity contribution is 5.85. The van der Waals surface area contributed by atoms with Gasteiger partial charge in [-0.25, -0.2) is 18.7 Å². The van der Waals surface area contributed by atoms with Crippen molar-refractivity contribution >= 4 is 23.4 Å². The van der Waals surface area contributed by atoms with Crippen molar-refractivity contribution in [2.75, 3.05) is 0 Å². The molecule has 0 atom stereocenters. The molecule has 0 amide bonds. The van der Waals surface area contributed by atoms with Crippen molar-refractivity contribution < 1.29 is 4.39 Å². The van der Waals surface area contributed by atoms with Gasteiger partial charge in [0.25, 0.3) is 5.56 Å². The summed E-state index contributed by atoms with van der Waals surface area (Å²) in [6, 6.07) is 18.3. The molecular weight excluding hydrogens is 443 g/mol. The molecule has 33 heavy (non-hydrogen) atoms. The molecule has 0 bridgehead atoms. The van der Waals surface area contributed by atoms with Crippen molar-refractivity contribution in [3.8, 4) is 16.8 Å². The van der Waals surface area contributed by atoms with Crippen LogP contribution in [0, 0.1) is 5.82 Å². The molecule has 0 spiro atoms. The Bertz CT molecular complexity index is 1410. The Kier molecular flexibility index (Phi) is 6.44. The highest BCUT2D eigenvalue weighted by atomic mass is 35.5. The van der Waals surface area contributed by atoms with Crippen LogP contribution in [0.4, 0.5) is 4.39 Å². The minimum absolute atomic E-state index is 0. The zero-order chi connectivity index (χ0) is 22.2. The number of benzene rings is 2. The van der Waals surface area contributed by atoms with Gasteiger partial charge in [-0.3, -0.25) is 9.36 Å². The van der Waals surface area contributed by atoms with Gasteiger partial charge in [-0.2, -0.15) is 0 Å². The van der Waals surface area contributed by atoms with Crippen LogP contribution in [-0.2, 0) is 0 Å². The molecule has 0 saturated heterocycles. The maximum atomic E-state index is 14.0. The lowest BCUT2D eigenvalue weighted by molar-refractivity contribution is 0.309. The standard InChI is InChI=1S/C25H23FN4O2.ClH/c26-18-14-22-23(28-15-18)29(21-8-4-7-17(13-21)16-5-2-1-3-6-16)25(32)30(24(22)31)20-11-9-19(27)10-12-20;/h1-8,13-15,19-20H,9-12,27H2;1H. The molecule has 2 N–H and O–H groups in total. The first-order valence-corrected chi connectivity index (χ1v) is 10.8. The summed E-state index contributed by atoms with van der Waals surface area (Å²) in [6.45, 7) is 0. The molecule has 2 aromatic heterocycles. The van der Waals surface area contributed by atoms with E-state index in [9.17, 15) is 14.0 Å². The zero-order valence-corrected chi connectivity index (χ0v) is 18.7. The maximum Gasteiger partial charge on any atom is 0.337 e. The Hall–Kier alpha value is -3.29. The van der Waals surface area contributed by atoms with Crippen LogP contribution < -0.4 is 17.0 Å². The van der Waals surface area contributed by atoms with Gasteiger partial charge in [-0.1, -0.05) is 42.5 Å². The number of halogens is 2. The second-order valence-electron chi connectivity index (χ2n) is 8.30. The van der Waals surface area contributed by atoms with E-state index in [1.807, 2.05) is 48.5 Å². The van der Waals surface area contributed by atoms with Gasteiger partial charge >= 0.3 is 5.69 Å². The molecule has 5 rings (SSSR count). The number of nitrogens with zero attached hydrogens (tertiary/aromatic N) is 3. The van der Waals surface area contributed by atoms with E-state index >= 15 is 0 Å². The van der Waals surface area contributed by atoms with Gasteiger partial charge in [0, 0.05) is 12.1 Å². The zero-order valence-electron chi connectivity index (χ0n) is 17.9. The second kappa shape index (κ2) is 9.29. The second-order valence-corrected chi connectivity index (χ2v) is 8.30. The molecule has 1 saturated carbocycles. The molecule has 0 radical (unpaired) electrons. The predicted molar refractivity (Wildman–Crippen MR) is 130 cm³/mol. The lowest BCUT2D eigenvalue weighted by atomic mass is 9.91. The van der Waals surface area contributed by atoms with Crippen molar-refractivity contribution in [3.05, 3.63) is 93.5 Å². The van der Waals surface area contributed by atoms with E-state index in [2.05, 4.69) is 4.98 Å². The van der Waals surface area contributed by atoms with Crippen LogP contribution in [0.1, 0.15) is 31.7 Å².